The largest absolute Gasteiger partial charge is 0.481 e. The second kappa shape index (κ2) is 6.67. The Balaban J connectivity index is 2.55. The van der Waals surface area contributed by atoms with Gasteiger partial charge in [0.25, 0.3) is 0 Å². The minimum Gasteiger partial charge on any atom is -0.481 e. The highest BCUT2D eigenvalue weighted by Crippen LogP contribution is 2.12. The number of nitrogens with zero attached hydrogens (tertiary/aromatic N) is 2. The summed E-state index contributed by atoms with van der Waals surface area (Å²) in [7, 11) is 0. The van der Waals surface area contributed by atoms with Crippen LogP contribution in [-0.2, 0) is 4.79 Å². The van der Waals surface area contributed by atoms with Gasteiger partial charge in [-0.1, -0.05) is 6.92 Å². The topological polar surface area (TPSA) is 84.3 Å². The molecule has 0 aromatic carbocycles. The number of carboxylic acid groups (broad SMARTS) is 1. The van der Waals surface area contributed by atoms with Gasteiger partial charge in [-0.15, -0.1) is 0 Å². The molecule has 0 aliphatic carbocycles. The molecule has 2 N–H and O–H groups in total. The van der Waals surface area contributed by atoms with Crippen molar-refractivity contribution in [3.8, 4) is 5.88 Å². The van der Waals surface area contributed by atoms with Crippen LogP contribution in [0.4, 0.5) is 5.82 Å². The monoisotopic (exact) mass is 239 g/mol. The van der Waals surface area contributed by atoms with Crippen molar-refractivity contribution in [3.05, 3.63) is 12.4 Å². The van der Waals surface area contributed by atoms with E-state index in [4.69, 9.17) is 9.84 Å². The molecule has 6 nitrogen and oxygen atoms in total. The average molecular weight is 239 g/mol. The molecule has 1 aromatic rings. The standard InChI is InChI=1S/C11H17N3O3/c1-3-4-17-10-6-9(12-7-13-10)14-8(2)5-11(15)16/h6-8H,3-5H2,1-2H3,(H,15,16)(H,12,13,14). The van der Waals surface area contributed by atoms with E-state index in [1.54, 1.807) is 13.0 Å². The summed E-state index contributed by atoms with van der Waals surface area (Å²) < 4.78 is 5.35. The summed E-state index contributed by atoms with van der Waals surface area (Å²) in [6, 6.07) is 1.47. The number of aliphatic carboxylic acids is 1. The number of anilines is 1. The molecule has 94 valence electrons. The maximum atomic E-state index is 10.5. The minimum atomic E-state index is -0.846. The van der Waals surface area contributed by atoms with Crippen LogP contribution in [-0.4, -0.2) is 33.7 Å². The maximum absolute atomic E-state index is 10.5. The minimum absolute atomic E-state index is 0.0369. The van der Waals surface area contributed by atoms with Gasteiger partial charge in [0.05, 0.1) is 13.0 Å². The third kappa shape index (κ3) is 5.14. The van der Waals surface area contributed by atoms with Crippen LogP contribution in [0.5, 0.6) is 5.88 Å². The molecule has 0 aliphatic heterocycles. The highest BCUT2D eigenvalue weighted by atomic mass is 16.5. The molecular formula is C11H17N3O3. The fourth-order valence-corrected chi connectivity index (χ4v) is 1.27. The zero-order chi connectivity index (χ0) is 12.7. The molecule has 1 aromatic heterocycles. The van der Waals surface area contributed by atoms with Gasteiger partial charge in [0.2, 0.25) is 5.88 Å². The number of hydrogen-bond donors (Lipinski definition) is 2. The van der Waals surface area contributed by atoms with Crippen molar-refractivity contribution in [1.82, 2.24) is 9.97 Å². The van der Waals surface area contributed by atoms with Crippen LogP contribution in [0, 0.1) is 0 Å². The highest BCUT2D eigenvalue weighted by Gasteiger charge is 2.08. The Morgan fingerprint density at radius 3 is 3.00 bits per heavy atom. The molecule has 0 saturated carbocycles. The Kier molecular flexibility index (Phi) is 5.19. The van der Waals surface area contributed by atoms with Crippen LogP contribution in [0.3, 0.4) is 0 Å². The molecule has 0 amide bonds. The van der Waals surface area contributed by atoms with Crippen molar-refractivity contribution in [2.24, 2.45) is 0 Å². The lowest BCUT2D eigenvalue weighted by Crippen LogP contribution is -2.20. The summed E-state index contributed by atoms with van der Waals surface area (Å²) in [5.41, 5.74) is 0. The molecule has 0 bridgehead atoms. The smallest absolute Gasteiger partial charge is 0.305 e. The number of hydrogen-bond acceptors (Lipinski definition) is 5. The van der Waals surface area contributed by atoms with Gasteiger partial charge < -0.3 is 15.2 Å². The molecule has 6 heteroatoms. The molecule has 0 fully saturated rings. The SMILES string of the molecule is CCCOc1cc(NC(C)CC(=O)O)ncn1. The summed E-state index contributed by atoms with van der Waals surface area (Å²) in [5.74, 6) is 0.216. The number of rotatable bonds is 7. The first kappa shape index (κ1) is 13.2. The van der Waals surface area contributed by atoms with Gasteiger partial charge in [0.15, 0.2) is 0 Å². The third-order valence-corrected chi connectivity index (χ3v) is 1.97. The van der Waals surface area contributed by atoms with E-state index in [0.717, 1.165) is 6.42 Å². The molecule has 1 rings (SSSR count). The van der Waals surface area contributed by atoms with Gasteiger partial charge in [0.1, 0.15) is 12.1 Å². The van der Waals surface area contributed by atoms with Crippen molar-refractivity contribution in [2.45, 2.75) is 32.7 Å². The van der Waals surface area contributed by atoms with Crippen LogP contribution < -0.4 is 10.1 Å². The molecule has 0 radical (unpaired) electrons. The van der Waals surface area contributed by atoms with E-state index in [1.807, 2.05) is 6.92 Å². The Labute approximate surface area is 100 Å². The summed E-state index contributed by atoms with van der Waals surface area (Å²) in [5, 5.41) is 11.6. The van der Waals surface area contributed by atoms with E-state index in [2.05, 4.69) is 15.3 Å². The number of aromatic nitrogens is 2. The van der Waals surface area contributed by atoms with Crippen molar-refractivity contribution >= 4 is 11.8 Å². The van der Waals surface area contributed by atoms with E-state index in [1.165, 1.54) is 6.33 Å². The quantitative estimate of drug-likeness (QED) is 0.750. The van der Waals surface area contributed by atoms with Crippen LogP contribution >= 0.6 is 0 Å². The van der Waals surface area contributed by atoms with E-state index in [9.17, 15) is 4.79 Å². The molecule has 0 saturated heterocycles. The zero-order valence-electron chi connectivity index (χ0n) is 10.0. The lowest BCUT2D eigenvalue weighted by molar-refractivity contribution is -0.137. The fraction of sp³-hybridized carbons (Fsp3) is 0.545. The lowest BCUT2D eigenvalue weighted by Gasteiger charge is -2.12. The summed E-state index contributed by atoms with van der Waals surface area (Å²) in [6.07, 6.45) is 2.33. The predicted molar refractivity (Wildman–Crippen MR) is 63.2 cm³/mol. The van der Waals surface area contributed by atoms with Crippen molar-refractivity contribution < 1.29 is 14.6 Å². The Morgan fingerprint density at radius 2 is 2.35 bits per heavy atom. The van der Waals surface area contributed by atoms with E-state index >= 15 is 0 Å². The van der Waals surface area contributed by atoms with Crippen molar-refractivity contribution in [2.75, 3.05) is 11.9 Å². The van der Waals surface area contributed by atoms with Gasteiger partial charge >= 0.3 is 5.97 Å². The van der Waals surface area contributed by atoms with Crippen LogP contribution in [0.25, 0.3) is 0 Å². The van der Waals surface area contributed by atoms with Gasteiger partial charge in [-0.05, 0) is 13.3 Å². The molecule has 17 heavy (non-hydrogen) atoms. The van der Waals surface area contributed by atoms with Gasteiger partial charge in [-0.3, -0.25) is 4.79 Å². The van der Waals surface area contributed by atoms with Crippen molar-refractivity contribution in [3.63, 3.8) is 0 Å². The second-order valence-corrected chi connectivity index (χ2v) is 3.73. The Bertz CT molecular complexity index is 371. The Morgan fingerprint density at radius 1 is 1.59 bits per heavy atom. The van der Waals surface area contributed by atoms with Gasteiger partial charge in [0, 0.05) is 12.1 Å². The molecule has 1 atom stereocenters. The van der Waals surface area contributed by atoms with Gasteiger partial charge in [-0.2, -0.15) is 0 Å². The molecule has 1 heterocycles. The fourth-order valence-electron chi connectivity index (χ4n) is 1.27. The summed E-state index contributed by atoms with van der Waals surface area (Å²) >= 11 is 0. The molecule has 1 unspecified atom stereocenters. The average Bonchev–Trinajstić information content (AvgIpc) is 2.25. The normalized spacial score (nSPS) is 11.9. The number of ether oxygens (including phenoxy) is 1. The number of carboxylic acids is 1. The van der Waals surface area contributed by atoms with E-state index < -0.39 is 5.97 Å². The number of carbonyl (C=O) groups is 1. The van der Waals surface area contributed by atoms with E-state index in [0.29, 0.717) is 18.3 Å². The van der Waals surface area contributed by atoms with Crippen LogP contribution in [0.15, 0.2) is 12.4 Å². The third-order valence-electron chi connectivity index (χ3n) is 1.97. The molecular weight excluding hydrogens is 222 g/mol. The zero-order valence-corrected chi connectivity index (χ0v) is 10.0. The lowest BCUT2D eigenvalue weighted by atomic mass is 10.2. The first-order chi connectivity index (χ1) is 8.11. The first-order valence-electron chi connectivity index (χ1n) is 5.55. The van der Waals surface area contributed by atoms with Crippen LogP contribution in [0.1, 0.15) is 26.7 Å². The Hall–Kier alpha value is -1.85. The highest BCUT2D eigenvalue weighted by molar-refractivity contribution is 5.68. The van der Waals surface area contributed by atoms with Crippen molar-refractivity contribution in [1.29, 1.82) is 0 Å². The summed E-state index contributed by atoms with van der Waals surface area (Å²) in [4.78, 5) is 18.5. The second-order valence-electron chi connectivity index (χ2n) is 3.73. The van der Waals surface area contributed by atoms with E-state index in [-0.39, 0.29) is 12.5 Å². The molecule has 0 aliphatic rings. The van der Waals surface area contributed by atoms with Crippen LogP contribution in [0.2, 0.25) is 0 Å². The summed E-state index contributed by atoms with van der Waals surface area (Å²) in [6.45, 7) is 4.39. The first-order valence-corrected chi connectivity index (χ1v) is 5.55. The molecule has 0 spiro atoms. The van der Waals surface area contributed by atoms with Gasteiger partial charge in [-0.25, -0.2) is 9.97 Å². The maximum Gasteiger partial charge on any atom is 0.305 e. The number of nitrogens with one attached hydrogen (secondary N) is 1. The predicted octanol–water partition coefficient (Wildman–Crippen LogP) is 1.54.